The van der Waals surface area contributed by atoms with E-state index in [-0.39, 0.29) is 6.17 Å². The fourth-order valence-electron chi connectivity index (χ4n) is 3.55. The lowest BCUT2D eigenvalue weighted by Crippen LogP contribution is -2.31. The van der Waals surface area contributed by atoms with E-state index in [4.69, 9.17) is 24.9 Å². The SMILES string of the molecule is CCOc1ccc([C@@H]2N=C(N)Nc3nc4cc5c(cc4n32)OCCCO5)cc1. The molecule has 0 saturated heterocycles. The number of nitrogens with two attached hydrogens (primary N) is 1. The molecule has 0 unspecified atom stereocenters. The molecule has 3 aromatic rings. The fraction of sp³-hybridized carbons (Fsp3) is 0.300. The van der Waals surface area contributed by atoms with E-state index in [2.05, 4.69) is 10.3 Å². The molecule has 0 spiro atoms. The molecule has 1 aromatic heterocycles. The summed E-state index contributed by atoms with van der Waals surface area (Å²) in [5.74, 6) is 3.23. The predicted octanol–water partition coefficient (Wildman–Crippen LogP) is 2.88. The van der Waals surface area contributed by atoms with Crippen LogP contribution in [0.25, 0.3) is 11.0 Å². The Hall–Kier alpha value is -3.42. The monoisotopic (exact) mass is 379 g/mol. The molecule has 0 bridgehead atoms. The van der Waals surface area contributed by atoms with Crippen molar-refractivity contribution in [2.45, 2.75) is 19.5 Å². The highest BCUT2D eigenvalue weighted by atomic mass is 16.5. The second-order valence-corrected chi connectivity index (χ2v) is 6.66. The molecular weight excluding hydrogens is 358 g/mol. The molecule has 0 aliphatic carbocycles. The Balaban J connectivity index is 1.63. The lowest BCUT2D eigenvalue weighted by molar-refractivity contribution is 0.297. The molecule has 28 heavy (non-hydrogen) atoms. The highest BCUT2D eigenvalue weighted by molar-refractivity contribution is 5.95. The number of imidazole rings is 1. The van der Waals surface area contributed by atoms with Gasteiger partial charge < -0.3 is 19.9 Å². The second kappa shape index (κ2) is 6.63. The number of aliphatic imine (C=N–C) groups is 1. The Morgan fingerprint density at radius 1 is 1.18 bits per heavy atom. The number of aromatic nitrogens is 2. The third-order valence-corrected chi connectivity index (χ3v) is 4.79. The van der Waals surface area contributed by atoms with Crippen molar-refractivity contribution in [1.82, 2.24) is 9.55 Å². The van der Waals surface area contributed by atoms with E-state index in [1.165, 1.54) is 0 Å². The molecule has 1 atom stereocenters. The number of benzene rings is 2. The van der Waals surface area contributed by atoms with E-state index in [1.807, 2.05) is 47.9 Å². The highest BCUT2D eigenvalue weighted by Gasteiger charge is 2.27. The van der Waals surface area contributed by atoms with E-state index < -0.39 is 0 Å². The van der Waals surface area contributed by atoms with Crippen LogP contribution in [0.2, 0.25) is 0 Å². The van der Waals surface area contributed by atoms with Gasteiger partial charge in [-0.05, 0) is 24.6 Å². The van der Waals surface area contributed by atoms with Gasteiger partial charge >= 0.3 is 0 Å². The van der Waals surface area contributed by atoms with E-state index in [9.17, 15) is 0 Å². The molecule has 0 saturated carbocycles. The van der Waals surface area contributed by atoms with Crippen LogP contribution in [-0.4, -0.2) is 35.3 Å². The van der Waals surface area contributed by atoms with Crippen molar-refractivity contribution in [2.75, 3.05) is 25.1 Å². The van der Waals surface area contributed by atoms with Crippen LogP contribution in [-0.2, 0) is 0 Å². The maximum atomic E-state index is 6.03. The van der Waals surface area contributed by atoms with Gasteiger partial charge in [-0.25, -0.2) is 9.98 Å². The molecule has 0 radical (unpaired) electrons. The van der Waals surface area contributed by atoms with E-state index in [0.717, 1.165) is 34.5 Å². The lowest BCUT2D eigenvalue weighted by atomic mass is 10.1. The summed E-state index contributed by atoms with van der Waals surface area (Å²) in [4.78, 5) is 9.31. The normalized spacial score (nSPS) is 18.0. The summed E-state index contributed by atoms with van der Waals surface area (Å²) in [5.41, 5.74) is 8.72. The number of nitrogens with one attached hydrogen (secondary N) is 1. The van der Waals surface area contributed by atoms with Crippen molar-refractivity contribution < 1.29 is 14.2 Å². The van der Waals surface area contributed by atoms with Gasteiger partial charge in [0, 0.05) is 18.6 Å². The Kier molecular flexibility index (Phi) is 3.96. The van der Waals surface area contributed by atoms with Crippen LogP contribution >= 0.6 is 0 Å². The molecular formula is C20H21N5O3. The maximum absolute atomic E-state index is 6.03. The van der Waals surface area contributed by atoms with Gasteiger partial charge in [0.05, 0.1) is 30.9 Å². The Morgan fingerprint density at radius 2 is 1.93 bits per heavy atom. The van der Waals surface area contributed by atoms with Gasteiger partial charge in [0.1, 0.15) is 5.75 Å². The first kappa shape index (κ1) is 16.7. The number of nitrogens with zero attached hydrogens (tertiary/aromatic N) is 3. The van der Waals surface area contributed by atoms with Gasteiger partial charge in [-0.2, -0.15) is 0 Å². The van der Waals surface area contributed by atoms with Crippen LogP contribution in [0, 0.1) is 0 Å². The average molecular weight is 379 g/mol. The van der Waals surface area contributed by atoms with Gasteiger partial charge in [-0.1, -0.05) is 12.1 Å². The smallest absolute Gasteiger partial charge is 0.212 e. The zero-order valence-corrected chi connectivity index (χ0v) is 15.5. The first-order chi connectivity index (χ1) is 13.7. The Bertz CT molecular complexity index is 1060. The van der Waals surface area contributed by atoms with E-state index >= 15 is 0 Å². The first-order valence-electron chi connectivity index (χ1n) is 9.37. The summed E-state index contributed by atoms with van der Waals surface area (Å²) >= 11 is 0. The summed E-state index contributed by atoms with van der Waals surface area (Å²) < 4.78 is 19.2. The molecule has 2 aliphatic rings. The number of guanidine groups is 1. The van der Waals surface area contributed by atoms with E-state index in [1.54, 1.807) is 0 Å². The zero-order chi connectivity index (χ0) is 19.1. The second-order valence-electron chi connectivity index (χ2n) is 6.66. The van der Waals surface area contributed by atoms with Crippen molar-refractivity contribution in [3.8, 4) is 17.2 Å². The largest absolute Gasteiger partial charge is 0.494 e. The molecule has 2 aromatic carbocycles. The van der Waals surface area contributed by atoms with Gasteiger partial charge in [0.15, 0.2) is 23.6 Å². The van der Waals surface area contributed by atoms with Gasteiger partial charge in [0.25, 0.3) is 0 Å². The number of hydrogen-bond acceptors (Lipinski definition) is 7. The fourth-order valence-corrected chi connectivity index (χ4v) is 3.55. The third kappa shape index (κ3) is 2.77. The third-order valence-electron chi connectivity index (χ3n) is 4.79. The number of fused-ring (bicyclic) bond motifs is 4. The highest BCUT2D eigenvalue weighted by Crippen LogP contribution is 2.39. The molecule has 3 heterocycles. The van der Waals surface area contributed by atoms with Crippen LogP contribution in [0.4, 0.5) is 5.95 Å². The maximum Gasteiger partial charge on any atom is 0.212 e. The minimum absolute atomic E-state index is 0.329. The summed E-state index contributed by atoms with van der Waals surface area (Å²) in [6, 6.07) is 11.7. The molecule has 144 valence electrons. The van der Waals surface area contributed by atoms with Crippen LogP contribution < -0.4 is 25.3 Å². The number of anilines is 1. The minimum atomic E-state index is -0.332. The van der Waals surface area contributed by atoms with Crippen LogP contribution in [0.3, 0.4) is 0 Å². The van der Waals surface area contributed by atoms with Crippen LogP contribution in [0.5, 0.6) is 17.2 Å². The average Bonchev–Trinajstić information content (AvgIpc) is 2.88. The molecule has 8 nitrogen and oxygen atoms in total. The number of hydrogen-bond donors (Lipinski definition) is 2. The Morgan fingerprint density at radius 3 is 2.68 bits per heavy atom. The minimum Gasteiger partial charge on any atom is -0.494 e. The summed E-state index contributed by atoms with van der Waals surface area (Å²) in [7, 11) is 0. The van der Waals surface area contributed by atoms with Crippen molar-refractivity contribution in [1.29, 1.82) is 0 Å². The lowest BCUT2D eigenvalue weighted by Gasteiger charge is -2.24. The summed E-state index contributed by atoms with van der Waals surface area (Å²) in [6.07, 6.45) is 0.524. The van der Waals surface area contributed by atoms with Crippen molar-refractivity contribution in [3.63, 3.8) is 0 Å². The molecule has 8 heteroatoms. The quantitative estimate of drug-likeness (QED) is 0.726. The Labute approximate surface area is 161 Å². The first-order valence-corrected chi connectivity index (χ1v) is 9.37. The number of ether oxygens (including phenoxy) is 3. The van der Waals surface area contributed by atoms with Crippen molar-refractivity contribution in [3.05, 3.63) is 42.0 Å². The topological polar surface area (TPSA) is 95.9 Å². The molecule has 0 fully saturated rings. The van der Waals surface area contributed by atoms with Gasteiger partial charge in [0.2, 0.25) is 5.95 Å². The van der Waals surface area contributed by atoms with Crippen molar-refractivity contribution in [2.24, 2.45) is 10.7 Å². The molecule has 5 rings (SSSR count). The molecule has 2 aliphatic heterocycles. The zero-order valence-electron chi connectivity index (χ0n) is 15.5. The summed E-state index contributed by atoms with van der Waals surface area (Å²) in [5, 5.41) is 3.06. The standard InChI is InChI=1S/C20H21N5O3/c1-2-26-13-6-4-12(5-7-13)18-23-19(21)24-20-22-14-10-16-17(11-15(14)25(18)20)28-9-3-8-27-16/h4-7,10-11,18H,2-3,8-9H2,1H3,(H3,21,22,23,24)/t18-/m1/s1. The van der Waals surface area contributed by atoms with Crippen LogP contribution in [0.15, 0.2) is 41.4 Å². The number of rotatable bonds is 3. The van der Waals surface area contributed by atoms with Gasteiger partial charge in [-0.15, -0.1) is 0 Å². The van der Waals surface area contributed by atoms with Gasteiger partial charge in [-0.3, -0.25) is 9.88 Å². The van der Waals surface area contributed by atoms with E-state index in [0.29, 0.717) is 37.5 Å². The van der Waals surface area contributed by atoms with Crippen molar-refractivity contribution >= 4 is 22.9 Å². The predicted molar refractivity (Wildman–Crippen MR) is 106 cm³/mol. The summed E-state index contributed by atoms with van der Waals surface area (Å²) in [6.45, 7) is 3.85. The van der Waals surface area contributed by atoms with Crippen LogP contribution in [0.1, 0.15) is 25.1 Å². The molecule has 0 amide bonds. The molecule has 3 N–H and O–H groups in total.